The lowest BCUT2D eigenvalue weighted by molar-refractivity contribution is 0.598. The molecule has 0 bridgehead atoms. The van der Waals surface area contributed by atoms with Gasteiger partial charge in [-0.25, -0.2) is 4.39 Å². The van der Waals surface area contributed by atoms with Crippen LogP contribution < -0.4 is 10.6 Å². The maximum absolute atomic E-state index is 13.6. The quantitative estimate of drug-likeness (QED) is 0.509. The zero-order valence-electron chi connectivity index (χ0n) is 10.8. The summed E-state index contributed by atoms with van der Waals surface area (Å²) in [5, 5.41) is 6.44. The average molecular weight is 326 g/mol. The van der Waals surface area contributed by atoms with Crippen LogP contribution in [0.1, 0.15) is 18.4 Å². The topological polar surface area (TPSA) is 36.4 Å². The number of nitrogens with zero attached hydrogens (tertiary/aromatic N) is 1. The van der Waals surface area contributed by atoms with Gasteiger partial charge >= 0.3 is 0 Å². The van der Waals surface area contributed by atoms with E-state index in [9.17, 15) is 4.39 Å². The second-order valence-electron chi connectivity index (χ2n) is 4.45. The summed E-state index contributed by atoms with van der Waals surface area (Å²) in [4.78, 5) is 4.15. The van der Waals surface area contributed by atoms with Crippen LogP contribution in [0, 0.1) is 5.82 Å². The van der Waals surface area contributed by atoms with Crippen LogP contribution in [0.5, 0.6) is 0 Å². The second kappa shape index (κ2) is 6.70. The van der Waals surface area contributed by atoms with E-state index < -0.39 is 0 Å². The molecule has 0 aliphatic heterocycles. The predicted molar refractivity (Wildman–Crippen MR) is 79.6 cm³/mol. The smallest absolute Gasteiger partial charge is 0.191 e. The van der Waals surface area contributed by atoms with Gasteiger partial charge in [-0.15, -0.1) is 0 Å². The normalized spacial score (nSPS) is 15.8. The minimum atomic E-state index is -0.214. The summed E-state index contributed by atoms with van der Waals surface area (Å²) < 4.78 is 14.5. The maximum atomic E-state index is 13.6. The van der Waals surface area contributed by atoms with Crippen molar-refractivity contribution in [2.45, 2.75) is 25.4 Å². The molecule has 0 atom stereocenters. The van der Waals surface area contributed by atoms with Gasteiger partial charge in [0, 0.05) is 29.7 Å². The molecule has 2 N–H and O–H groups in total. The average Bonchev–Trinajstić information content (AvgIpc) is 2.91. The maximum Gasteiger partial charge on any atom is 0.191 e. The monoisotopic (exact) mass is 325 g/mol. The van der Waals surface area contributed by atoms with Crippen molar-refractivity contribution in [1.82, 2.24) is 10.6 Å². The van der Waals surface area contributed by atoms with Crippen LogP contribution >= 0.6 is 15.9 Å². The fourth-order valence-corrected chi connectivity index (χ4v) is 2.39. The molecule has 0 saturated carbocycles. The second-order valence-corrected chi connectivity index (χ2v) is 5.36. The lowest BCUT2D eigenvalue weighted by atomic mass is 10.2. The number of nitrogens with one attached hydrogen (secondary N) is 2. The van der Waals surface area contributed by atoms with Gasteiger partial charge in [-0.05, 0) is 31.0 Å². The molecule has 0 saturated heterocycles. The van der Waals surface area contributed by atoms with E-state index in [1.165, 1.54) is 6.07 Å². The van der Waals surface area contributed by atoms with Crippen LogP contribution in [0.2, 0.25) is 0 Å². The molecule has 1 aliphatic rings. The first-order chi connectivity index (χ1) is 9.19. The summed E-state index contributed by atoms with van der Waals surface area (Å²) >= 11 is 3.34. The molecule has 1 aromatic carbocycles. The Morgan fingerprint density at radius 3 is 2.84 bits per heavy atom. The standard InChI is InChI=1S/C14H17BrFN3/c1-17-14(19-12-4-2-3-5-12)18-9-10-8-11(15)6-7-13(10)16/h2-3,6-8,12H,4-5,9H2,1H3,(H2,17,18,19). The van der Waals surface area contributed by atoms with Crippen molar-refractivity contribution < 1.29 is 4.39 Å². The molecule has 19 heavy (non-hydrogen) atoms. The highest BCUT2D eigenvalue weighted by atomic mass is 79.9. The van der Waals surface area contributed by atoms with E-state index in [1.807, 2.05) is 0 Å². The van der Waals surface area contributed by atoms with Crippen molar-refractivity contribution in [3.05, 3.63) is 46.2 Å². The van der Waals surface area contributed by atoms with Crippen molar-refractivity contribution >= 4 is 21.9 Å². The molecule has 102 valence electrons. The first-order valence-electron chi connectivity index (χ1n) is 6.25. The van der Waals surface area contributed by atoms with Gasteiger partial charge < -0.3 is 10.6 Å². The third-order valence-corrected chi connectivity index (χ3v) is 3.52. The Kier molecular flexibility index (Phi) is 4.96. The summed E-state index contributed by atoms with van der Waals surface area (Å²) in [7, 11) is 1.72. The van der Waals surface area contributed by atoms with Gasteiger partial charge in [-0.1, -0.05) is 28.1 Å². The Morgan fingerprint density at radius 1 is 1.42 bits per heavy atom. The van der Waals surface area contributed by atoms with E-state index in [2.05, 4.69) is 43.7 Å². The molecule has 1 aliphatic carbocycles. The van der Waals surface area contributed by atoms with Crippen LogP contribution in [0.25, 0.3) is 0 Å². The molecular formula is C14H17BrFN3. The SMILES string of the molecule is CN=C(NCc1cc(Br)ccc1F)NC1CC=CC1. The number of guanidine groups is 1. The van der Waals surface area contributed by atoms with Crippen molar-refractivity contribution in [2.24, 2.45) is 4.99 Å². The first-order valence-corrected chi connectivity index (χ1v) is 7.04. The fourth-order valence-electron chi connectivity index (χ4n) is 1.98. The Labute approximate surface area is 121 Å². The van der Waals surface area contributed by atoms with Crippen LogP contribution in [0.3, 0.4) is 0 Å². The number of aliphatic imine (C=N–C) groups is 1. The molecule has 0 aromatic heterocycles. The zero-order chi connectivity index (χ0) is 13.7. The number of hydrogen-bond acceptors (Lipinski definition) is 1. The molecule has 0 amide bonds. The van der Waals surface area contributed by atoms with E-state index >= 15 is 0 Å². The largest absolute Gasteiger partial charge is 0.353 e. The van der Waals surface area contributed by atoms with Gasteiger partial charge in [0.2, 0.25) is 0 Å². The highest BCUT2D eigenvalue weighted by Crippen LogP contribution is 2.15. The molecule has 0 fully saturated rings. The summed E-state index contributed by atoms with van der Waals surface area (Å²) in [5.74, 6) is 0.488. The number of rotatable bonds is 3. The lowest BCUT2D eigenvalue weighted by Crippen LogP contribution is -2.42. The van der Waals surface area contributed by atoms with Crippen molar-refractivity contribution in [3.63, 3.8) is 0 Å². The van der Waals surface area contributed by atoms with Gasteiger partial charge in [0.15, 0.2) is 5.96 Å². The Hall–Kier alpha value is -1.36. The number of benzene rings is 1. The Balaban J connectivity index is 1.90. The Bertz CT molecular complexity index is 491. The molecule has 0 spiro atoms. The Morgan fingerprint density at radius 2 is 2.16 bits per heavy atom. The van der Waals surface area contributed by atoms with Gasteiger partial charge in [0.25, 0.3) is 0 Å². The third kappa shape index (κ3) is 4.06. The molecule has 1 aromatic rings. The van der Waals surface area contributed by atoms with E-state index in [1.54, 1.807) is 19.2 Å². The van der Waals surface area contributed by atoms with Crippen molar-refractivity contribution in [3.8, 4) is 0 Å². The van der Waals surface area contributed by atoms with Gasteiger partial charge in [-0.2, -0.15) is 0 Å². The molecule has 2 rings (SSSR count). The van der Waals surface area contributed by atoms with E-state index in [0.29, 0.717) is 24.1 Å². The minimum absolute atomic E-state index is 0.214. The fraction of sp³-hybridized carbons (Fsp3) is 0.357. The first kappa shape index (κ1) is 14.1. The minimum Gasteiger partial charge on any atom is -0.353 e. The van der Waals surface area contributed by atoms with Crippen molar-refractivity contribution in [1.29, 1.82) is 0 Å². The van der Waals surface area contributed by atoms with E-state index in [0.717, 1.165) is 17.3 Å². The van der Waals surface area contributed by atoms with Gasteiger partial charge in [0.05, 0.1) is 0 Å². The molecule has 0 unspecified atom stereocenters. The molecule has 0 radical (unpaired) electrons. The third-order valence-electron chi connectivity index (χ3n) is 3.03. The highest BCUT2D eigenvalue weighted by molar-refractivity contribution is 9.10. The zero-order valence-corrected chi connectivity index (χ0v) is 12.4. The van der Waals surface area contributed by atoms with Gasteiger partial charge in [-0.3, -0.25) is 4.99 Å². The van der Waals surface area contributed by atoms with Crippen LogP contribution in [-0.4, -0.2) is 19.0 Å². The summed E-state index contributed by atoms with van der Waals surface area (Å²) in [6.45, 7) is 0.408. The van der Waals surface area contributed by atoms with Crippen LogP contribution in [0.4, 0.5) is 4.39 Å². The molecule has 5 heteroatoms. The molecule has 3 nitrogen and oxygen atoms in total. The summed E-state index contributed by atoms with van der Waals surface area (Å²) in [5.41, 5.74) is 0.613. The van der Waals surface area contributed by atoms with E-state index in [4.69, 9.17) is 0 Å². The van der Waals surface area contributed by atoms with E-state index in [-0.39, 0.29) is 5.82 Å². The van der Waals surface area contributed by atoms with Crippen LogP contribution in [-0.2, 0) is 6.54 Å². The van der Waals surface area contributed by atoms with Gasteiger partial charge in [0.1, 0.15) is 5.82 Å². The summed E-state index contributed by atoms with van der Waals surface area (Å²) in [6, 6.07) is 5.31. The lowest BCUT2D eigenvalue weighted by Gasteiger charge is -2.17. The number of halogens is 2. The van der Waals surface area contributed by atoms with Crippen LogP contribution in [0.15, 0.2) is 39.8 Å². The highest BCUT2D eigenvalue weighted by Gasteiger charge is 2.12. The molecular weight excluding hydrogens is 309 g/mol. The van der Waals surface area contributed by atoms with Crippen molar-refractivity contribution in [2.75, 3.05) is 7.05 Å². The summed E-state index contributed by atoms with van der Waals surface area (Å²) in [6.07, 6.45) is 6.32. The molecule has 0 heterocycles. The number of hydrogen-bond donors (Lipinski definition) is 2. The predicted octanol–water partition coefficient (Wildman–Crippen LogP) is 2.97.